The molecule has 0 aliphatic carbocycles. The molecule has 0 atom stereocenters. The Labute approximate surface area is 97.8 Å². The summed E-state index contributed by atoms with van der Waals surface area (Å²) in [6.07, 6.45) is 3.40. The van der Waals surface area contributed by atoms with Crippen molar-refractivity contribution in [2.75, 3.05) is 0 Å². The largest absolute Gasteiger partial charge is 0.294 e. The van der Waals surface area contributed by atoms with E-state index in [9.17, 15) is 4.79 Å². The van der Waals surface area contributed by atoms with Gasteiger partial charge in [0.1, 0.15) is 0 Å². The highest BCUT2D eigenvalue weighted by Gasteiger charge is 2.12. The van der Waals surface area contributed by atoms with Crippen LogP contribution in [-0.2, 0) is 0 Å². The maximum atomic E-state index is 11.7. The van der Waals surface area contributed by atoms with Gasteiger partial charge < -0.3 is 0 Å². The van der Waals surface area contributed by atoms with Crippen LogP contribution in [0.2, 0.25) is 5.02 Å². The van der Waals surface area contributed by atoms with Crippen molar-refractivity contribution in [1.82, 2.24) is 15.0 Å². The number of carbonyl (C=O) groups is 1. The van der Waals surface area contributed by atoms with Gasteiger partial charge in [-0.05, 0) is 25.1 Å². The number of benzene rings is 1. The van der Waals surface area contributed by atoms with Crippen molar-refractivity contribution in [1.29, 1.82) is 0 Å². The lowest BCUT2D eigenvalue weighted by Crippen LogP contribution is -2.06. The van der Waals surface area contributed by atoms with E-state index in [2.05, 4.69) is 17.2 Å². The van der Waals surface area contributed by atoms with Crippen LogP contribution in [0.3, 0.4) is 0 Å². The van der Waals surface area contributed by atoms with Crippen molar-refractivity contribution in [2.45, 2.75) is 6.42 Å². The lowest BCUT2D eigenvalue weighted by atomic mass is 10.1. The zero-order valence-electron chi connectivity index (χ0n) is 8.43. The van der Waals surface area contributed by atoms with Crippen molar-refractivity contribution < 1.29 is 4.79 Å². The normalized spacial score (nSPS) is 10.4. The molecule has 5 heteroatoms. The second-order valence-corrected chi connectivity index (χ2v) is 3.62. The predicted octanol–water partition coefficient (Wildman–Crippen LogP) is 2.33. The number of halogens is 1. The van der Waals surface area contributed by atoms with Gasteiger partial charge in [0.25, 0.3) is 0 Å². The zero-order chi connectivity index (χ0) is 11.5. The number of hydrogen-bond acceptors (Lipinski definition) is 3. The van der Waals surface area contributed by atoms with E-state index in [0.29, 0.717) is 16.3 Å². The molecule has 0 spiro atoms. The van der Waals surface area contributed by atoms with Crippen LogP contribution >= 0.6 is 11.6 Å². The van der Waals surface area contributed by atoms with Gasteiger partial charge in [-0.2, -0.15) is 0 Å². The topological polar surface area (TPSA) is 47.8 Å². The Morgan fingerprint density at radius 1 is 1.50 bits per heavy atom. The van der Waals surface area contributed by atoms with E-state index >= 15 is 0 Å². The lowest BCUT2D eigenvalue weighted by Gasteiger charge is -2.07. The van der Waals surface area contributed by atoms with Crippen LogP contribution in [0.1, 0.15) is 16.8 Å². The zero-order valence-corrected chi connectivity index (χ0v) is 9.18. The summed E-state index contributed by atoms with van der Waals surface area (Å²) in [4.78, 5) is 11.7. The minimum Gasteiger partial charge on any atom is -0.294 e. The van der Waals surface area contributed by atoms with Crippen LogP contribution in [-0.4, -0.2) is 20.8 Å². The van der Waals surface area contributed by atoms with Gasteiger partial charge in [-0.1, -0.05) is 16.8 Å². The van der Waals surface area contributed by atoms with E-state index in [-0.39, 0.29) is 12.2 Å². The first kappa shape index (κ1) is 10.8. The summed E-state index contributed by atoms with van der Waals surface area (Å²) in [5.74, 6) is -0.0759. The van der Waals surface area contributed by atoms with E-state index in [0.717, 1.165) is 0 Å². The molecule has 0 fully saturated rings. The first-order valence-corrected chi connectivity index (χ1v) is 5.09. The van der Waals surface area contributed by atoms with E-state index in [1.165, 1.54) is 4.68 Å². The summed E-state index contributed by atoms with van der Waals surface area (Å²) in [7, 11) is 0. The predicted molar refractivity (Wildman–Crippen MR) is 60.7 cm³/mol. The Kier molecular flexibility index (Phi) is 3.01. The molecule has 0 bridgehead atoms. The molecule has 0 saturated carbocycles. The van der Waals surface area contributed by atoms with E-state index in [1.54, 1.807) is 30.6 Å². The minimum absolute atomic E-state index is 0.0759. The summed E-state index contributed by atoms with van der Waals surface area (Å²) in [5, 5.41) is 8.06. The Bertz CT molecular complexity index is 508. The van der Waals surface area contributed by atoms with Crippen molar-refractivity contribution >= 4 is 17.4 Å². The molecule has 0 N–H and O–H groups in total. The molecule has 0 saturated heterocycles. The molecule has 81 valence electrons. The standard InChI is InChI=1S/C11H9ClN3O/c1-2-11(16)9-7-8(12)3-4-10(9)15-6-5-13-14-15/h3-7H,1-2H2. The number of aromatic nitrogens is 3. The summed E-state index contributed by atoms with van der Waals surface area (Å²) < 4.78 is 1.53. The van der Waals surface area contributed by atoms with E-state index < -0.39 is 0 Å². The van der Waals surface area contributed by atoms with Crippen LogP contribution in [0.15, 0.2) is 30.6 Å². The summed E-state index contributed by atoms with van der Waals surface area (Å²) in [6.45, 7) is 3.58. The molecule has 2 aromatic rings. The van der Waals surface area contributed by atoms with Crippen molar-refractivity contribution in [2.24, 2.45) is 0 Å². The molecule has 0 amide bonds. The SMILES string of the molecule is [CH2]CC(=O)c1cc(Cl)ccc1-n1ccnn1. The number of nitrogens with zero attached hydrogens (tertiary/aromatic N) is 3. The van der Waals surface area contributed by atoms with Gasteiger partial charge in [-0.15, -0.1) is 5.10 Å². The van der Waals surface area contributed by atoms with E-state index in [4.69, 9.17) is 11.6 Å². The number of ketones is 1. The van der Waals surface area contributed by atoms with Gasteiger partial charge in [-0.3, -0.25) is 4.79 Å². The van der Waals surface area contributed by atoms with Gasteiger partial charge in [0.05, 0.1) is 18.1 Å². The van der Waals surface area contributed by atoms with Gasteiger partial charge in [0, 0.05) is 17.0 Å². The number of hydrogen-bond donors (Lipinski definition) is 0. The molecule has 2 rings (SSSR count). The smallest absolute Gasteiger partial charge is 0.165 e. The molecule has 0 aliphatic heterocycles. The molecule has 4 nitrogen and oxygen atoms in total. The third-order valence-corrected chi connectivity index (χ3v) is 2.39. The summed E-state index contributed by atoms with van der Waals surface area (Å²) >= 11 is 5.86. The van der Waals surface area contributed by atoms with Gasteiger partial charge >= 0.3 is 0 Å². The van der Waals surface area contributed by atoms with Crippen molar-refractivity contribution in [3.05, 3.63) is 48.1 Å². The molecular weight excluding hydrogens is 226 g/mol. The number of carbonyl (C=O) groups excluding carboxylic acids is 1. The minimum atomic E-state index is -0.0759. The monoisotopic (exact) mass is 234 g/mol. The molecule has 1 aromatic carbocycles. The lowest BCUT2D eigenvalue weighted by molar-refractivity contribution is 0.0995. The third kappa shape index (κ3) is 1.97. The van der Waals surface area contributed by atoms with Crippen LogP contribution in [0.25, 0.3) is 5.69 Å². The fourth-order valence-electron chi connectivity index (χ4n) is 1.40. The Morgan fingerprint density at radius 2 is 2.31 bits per heavy atom. The molecular formula is C11H9ClN3O. The van der Waals surface area contributed by atoms with Crippen LogP contribution in [0, 0.1) is 6.92 Å². The van der Waals surface area contributed by atoms with Crippen LogP contribution < -0.4 is 0 Å². The summed E-state index contributed by atoms with van der Waals surface area (Å²) in [5.41, 5.74) is 1.17. The quantitative estimate of drug-likeness (QED) is 0.766. The molecule has 0 aliphatic rings. The summed E-state index contributed by atoms with van der Waals surface area (Å²) in [6, 6.07) is 5.06. The van der Waals surface area contributed by atoms with Crippen LogP contribution in [0.4, 0.5) is 0 Å². The van der Waals surface area contributed by atoms with Gasteiger partial charge in [-0.25, -0.2) is 4.68 Å². The third-order valence-electron chi connectivity index (χ3n) is 2.16. The molecule has 0 unspecified atom stereocenters. The first-order valence-electron chi connectivity index (χ1n) is 4.71. The fourth-order valence-corrected chi connectivity index (χ4v) is 1.57. The maximum absolute atomic E-state index is 11.7. The van der Waals surface area contributed by atoms with E-state index in [1.807, 2.05) is 0 Å². The maximum Gasteiger partial charge on any atom is 0.165 e. The molecule has 16 heavy (non-hydrogen) atoms. The Hall–Kier alpha value is -1.68. The average molecular weight is 235 g/mol. The molecule has 1 radical (unpaired) electrons. The second-order valence-electron chi connectivity index (χ2n) is 3.18. The molecule has 1 heterocycles. The molecule has 1 aromatic heterocycles. The fraction of sp³-hybridized carbons (Fsp3) is 0.0909. The van der Waals surface area contributed by atoms with Gasteiger partial charge in [0.2, 0.25) is 0 Å². The van der Waals surface area contributed by atoms with Crippen molar-refractivity contribution in [3.8, 4) is 5.69 Å². The Morgan fingerprint density at radius 3 is 2.94 bits per heavy atom. The second kappa shape index (κ2) is 4.45. The Balaban J connectivity index is 2.57. The highest BCUT2D eigenvalue weighted by Crippen LogP contribution is 2.20. The van der Waals surface area contributed by atoms with Crippen molar-refractivity contribution in [3.63, 3.8) is 0 Å². The first-order chi connectivity index (χ1) is 7.72. The van der Waals surface area contributed by atoms with Crippen LogP contribution in [0.5, 0.6) is 0 Å². The van der Waals surface area contributed by atoms with Gasteiger partial charge in [0.15, 0.2) is 5.78 Å². The number of rotatable bonds is 3. The average Bonchev–Trinajstić information content (AvgIpc) is 2.81. The number of Topliss-reactive ketones (excluding diaryl/α,β-unsaturated/α-hetero) is 1. The highest BCUT2D eigenvalue weighted by molar-refractivity contribution is 6.31. The highest BCUT2D eigenvalue weighted by atomic mass is 35.5.